The van der Waals surface area contributed by atoms with Gasteiger partial charge in [0.05, 0.1) is 6.61 Å². The van der Waals surface area contributed by atoms with Crippen molar-refractivity contribution in [3.05, 3.63) is 48.0 Å². The van der Waals surface area contributed by atoms with Gasteiger partial charge >= 0.3 is 6.16 Å². The number of ether oxygens (including phenoxy) is 2. The third kappa shape index (κ3) is 6.10. The van der Waals surface area contributed by atoms with E-state index in [0.29, 0.717) is 12.4 Å². The predicted molar refractivity (Wildman–Crippen MR) is 104 cm³/mol. The molecule has 2 aromatic carbocycles. The van der Waals surface area contributed by atoms with Crippen molar-refractivity contribution < 1.29 is 19.4 Å². The van der Waals surface area contributed by atoms with Crippen LogP contribution in [0.3, 0.4) is 0 Å². The number of hydrogen-bond donors (Lipinski definition) is 1. The van der Waals surface area contributed by atoms with Crippen LogP contribution >= 0.6 is 0 Å². The normalized spacial score (nSPS) is 10.5. The molecule has 4 nitrogen and oxygen atoms in total. The molecule has 1 N–H and O–H groups in total. The maximum Gasteiger partial charge on any atom is 0.511 e. The highest BCUT2D eigenvalue weighted by molar-refractivity contribution is 5.75. The Kier molecular flexibility index (Phi) is 8.00. The molecule has 0 bridgehead atoms. The Labute approximate surface area is 155 Å². The molecule has 0 aliphatic rings. The van der Waals surface area contributed by atoms with Crippen molar-refractivity contribution in [2.45, 2.75) is 52.4 Å². The average molecular weight is 356 g/mol. The maximum absolute atomic E-state index is 11.0. The minimum Gasteiger partial charge on any atom is -0.494 e. The Balaban J connectivity index is 2.22. The van der Waals surface area contributed by atoms with Crippen LogP contribution in [-0.2, 0) is 6.42 Å². The van der Waals surface area contributed by atoms with E-state index in [0.717, 1.165) is 55.4 Å². The molecule has 0 aliphatic heterocycles. The zero-order valence-corrected chi connectivity index (χ0v) is 15.7. The van der Waals surface area contributed by atoms with E-state index in [1.54, 1.807) is 12.1 Å². The van der Waals surface area contributed by atoms with Gasteiger partial charge in [0, 0.05) is 5.56 Å². The standard InChI is InChI=1S/C22H28O4/c1-3-5-7-15-25-19-13-14-21(26-22(23)24)20(16-19)18-11-9-17(10-12-18)8-6-4-2/h9-14,16H,3-8,15H2,1-2H3,(H,23,24). The summed E-state index contributed by atoms with van der Waals surface area (Å²) in [5.41, 5.74) is 2.92. The van der Waals surface area contributed by atoms with Crippen LogP contribution in [0.15, 0.2) is 42.5 Å². The van der Waals surface area contributed by atoms with Crippen molar-refractivity contribution in [1.29, 1.82) is 0 Å². The molecular formula is C22H28O4. The summed E-state index contributed by atoms with van der Waals surface area (Å²) in [4.78, 5) is 11.0. The summed E-state index contributed by atoms with van der Waals surface area (Å²) in [6, 6.07) is 13.5. The third-order valence-corrected chi connectivity index (χ3v) is 4.25. The Morgan fingerprint density at radius 1 is 0.962 bits per heavy atom. The first-order valence-corrected chi connectivity index (χ1v) is 9.41. The molecule has 0 amide bonds. The number of rotatable bonds is 10. The Morgan fingerprint density at radius 3 is 2.35 bits per heavy atom. The molecule has 2 aromatic rings. The van der Waals surface area contributed by atoms with Gasteiger partial charge in [-0.25, -0.2) is 4.79 Å². The van der Waals surface area contributed by atoms with Crippen LogP contribution in [0.4, 0.5) is 4.79 Å². The molecule has 26 heavy (non-hydrogen) atoms. The molecule has 0 aliphatic carbocycles. The van der Waals surface area contributed by atoms with Crippen LogP contribution in [-0.4, -0.2) is 17.9 Å². The van der Waals surface area contributed by atoms with E-state index in [2.05, 4.69) is 26.0 Å². The average Bonchev–Trinajstić information content (AvgIpc) is 2.64. The van der Waals surface area contributed by atoms with Crippen molar-refractivity contribution in [1.82, 2.24) is 0 Å². The molecular weight excluding hydrogens is 328 g/mol. The van der Waals surface area contributed by atoms with Gasteiger partial charge in [0.2, 0.25) is 0 Å². The number of carboxylic acid groups (broad SMARTS) is 1. The molecule has 0 spiro atoms. The highest BCUT2D eigenvalue weighted by atomic mass is 16.7. The second-order valence-electron chi connectivity index (χ2n) is 6.38. The summed E-state index contributed by atoms with van der Waals surface area (Å²) in [7, 11) is 0. The fraction of sp³-hybridized carbons (Fsp3) is 0.409. The van der Waals surface area contributed by atoms with Gasteiger partial charge in [-0.1, -0.05) is 57.4 Å². The molecule has 140 valence electrons. The van der Waals surface area contributed by atoms with Gasteiger partial charge in [-0.05, 0) is 48.6 Å². The summed E-state index contributed by atoms with van der Waals surface area (Å²) in [5, 5.41) is 9.00. The molecule has 0 saturated heterocycles. The first-order chi connectivity index (χ1) is 12.6. The SMILES string of the molecule is CCCCCOc1ccc(OC(=O)O)c(-c2ccc(CCCC)cc2)c1. The van der Waals surface area contributed by atoms with E-state index in [4.69, 9.17) is 14.6 Å². The van der Waals surface area contributed by atoms with Gasteiger partial charge in [-0.15, -0.1) is 0 Å². The van der Waals surface area contributed by atoms with Gasteiger partial charge in [0.15, 0.2) is 0 Å². The van der Waals surface area contributed by atoms with E-state index in [1.165, 1.54) is 5.56 Å². The highest BCUT2D eigenvalue weighted by Gasteiger charge is 2.12. The Morgan fingerprint density at radius 2 is 1.69 bits per heavy atom. The fourth-order valence-corrected chi connectivity index (χ4v) is 2.78. The summed E-state index contributed by atoms with van der Waals surface area (Å²) in [5.74, 6) is 1.05. The molecule has 0 heterocycles. The molecule has 0 radical (unpaired) electrons. The number of unbranched alkanes of at least 4 members (excludes halogenated alkanes) is 3. The maximum atomic E-state index is 11.0. The highest BCUT2D eigenvalue weighted by Crippen LogP contribution is 2.34. The van der Waals surface area contributed by atoms with Crippen LogP contribution < -0.4 is 9.47 Å². The molecule has 0 saturated carbocycles. The fourth-order valence-electron chi connectivity index (χ4n) is 2.78. The monoisotopic (exact) mass is 356 g/mol. The van der Waals surface area contributed by atoms with Gasteiger partial charge in [0.25, 0.3) is 0 Å². The van der Waals surface area contributed by atoms with Crippen LogP contribution in [0.5, 0.6) is 11.5 Å². The Bertz CT molecular complexity index is 692. The number of carbonyl (C=O) groups is 1. The van der Waals surface area contributed by atoms with Crippen molar-refractivity contribution in [3.63, 3.8) is 0 Å². The van der Waals surface area contributed by atoms with Crippen molar-refractivity contribution in [2.24, 2.45) is 0 Å². The topological polar surface area (TPSA) is 55.8 Å². The second kappa shape index (κ2) is 10.5. The zero-order valence-electron chi connectivity index (χ0n) is 15.7. The lowest BCUT2D eigenvalue weighted by atomic mass is 10.0. The van der Waals surface area contributed by atoms with E-state index < -0.39 is 6.16 Å². The summed E-state index contributed by atoms with van der Waals surface area (Å²) < 4.78 is 10.8. The first kappa shape index (κ1) is 19.8. The molecule has 2 rings (SSSR count). The van der Waals surface area contributed by atoms with E-state index >= 15 is 0 Å². The summed E-state index contributed by atoms with van der Waals surface area (Å²) in [6.45, 7) is 4.98. The number of hydrogen-bond acceptors (Lipinski definition) is 3. The molecule has 0 fully saturated rings. The number of benzene rings is 2. The molecule has 0 aromatic heterocycles. The zero-order chi connectivity index (χ0) is 18.8. The smallest absolute Gasteiger partial charge is 0.494 e. The van der Waals surface area contributed by atoms with Gasteiger partial charge in [-0.2, -0.15) is 0 Å². The van der Waals surface area contributed by atoms with Crippen LogP contribution in [0.1, 0.15) is 51.5 Å². The lowest BCUT2D eigenvalue weighted by Crippen LogP contribution is -2.05. The predicted octanol–water partition coefficient (Wildman–Crippen LogP) is 6.32. The Hall–Kier alpha value is -2.49. The quantitative estimate of drug-likeness (QED) is 0.307. The lowest BCUT2D eigenvalue weighted by Gasteiger charge is -2.12. The van der Waals surface area contributed by atoms with Gasteiger partial charge in [-0.3, -0.25) is 0 Å². The van der Waals surface area contributed by atoms with Gasteiger partial charge in [0.1, 0.15) is 11.5 Å². The largest absolute Gasteiger partial charge is 0.511 e. The summed E-state index contributed by atoms with van der Waals surface area (Å²) >= 11 is 0. The van der Waals surface area contributed by atoms with E-state index in [-0.39, 0.29) is 0 Å². The van der Waals surface area contributed by atoms with Crippen LogP contribution in [0, 0.1) is 0 Å². The minimum atomic E-state index is -1.32. The van der Waals surface area contributed by atoms with Crippen molar-refractivity contribution >= 4 is 6.16 Å². The molecule has 4 heteroatoms. The van der Waals surface area contributed by atoms with Crippen LogP contribution in [0.2, 0.25) is 0 Å². The first-order valence-electron chi connectivity index (χ1n) is 9.41. The third-order valence-electron chi connectivity index (χ3n) is 4.25. The lowest BCUT2D eigenvalue weighted by molar-refractivity contribution is 0.144. The molecule has 0 unspecified atom stereocenters. The van der Waals surface area contributed by atoms with Crippen molar-refractivity contribution in [3.8, 4) is 22.6 Å². The molecule has 0 atom stereocenters. The van der Waals surface area contributed by atoms with Gasteiger partial charge < -0.3 is 14.6 Å². The second-order valence-corrected chi connectivity index (χ2v) is 6.38. The van der Waals surface area contributed by atoms with Crippen LogP contribution in [0.25, 0.3) is 11.1 Å². The summed E-state index contributed by atoms with van der Waals surface area (Å²) in [6.07, 6.45) is 5.34. The number of aryl methyl sites for hydroxylation is 1. The van der Waals surface area contributed by atoms with E-state index in [9.17, 15) is 4.79 Å². The minimum absolute atomic E-state index is 0.319. The van der Waals surface area contributed by atoms with Crippen molar-refractivity contribution in [2.75, 3.05) is 6.61 Å². The van der Waals surface area contributed by atoms with E-state index in [1.807, 2.05) is 18.2 Å².